The van der Waals surface area contributed by atoms with Crippen molar-refractivity contribution < 1.29 is 4.74 Å². The number of hydrogen-bond acceptors (Lipinski definition) is 3. The van der Waals surface area contributed by atoms with Gasteiger partial charge in [-0.1, -0.05) is 13.8 Å². The Balaban J connectivity index is 1.57. The minimum Gasteiger partial charge on any atom is -0.377 e. The smallest absolute Gasteiger partial charge is 0.0700 e. The zero-order valence-electron chi connectivity index (χ0n) is 11.5. The summed E-state index contributed by atoms with van der Waals surface area (Å²) in [4.78, 5) is 2.66. The van der Waals surface area contributed by atoms with E-state index in [0.29, 0.717) is 6.10 Å². The molecule has 0 spiro atoms. The quantitative estimate of drug-likeness (QED) is 0.717. The Labute approximate surface area is 106 Å². The fourth-order valence-electron chi connectivity index (χ4n) is 3.18. The molecule has 2 fully saturated rings. The molecule has 0 aromatic heterocycles. The van der Waals surface area contributed by atoms with Crippen molar-refractivity contribution in [1.82, 2.24) is 10.2 Å². The van der Waals surface area contributed by atoms with Crippen LogP contribution in [0.2, 0.25) is 0 Å². The van der Waals surface area contributed by atoms with Gasteiger partial charge in [0.1, 0.15) is 0 Å². The van der Waals surface area contributed by atoms with Gasteiger partial charge in [0.15, 0.2) is 0 Å². The third-order valence-electron chi connectivity index (χ3n) is 4.16. The predicted molar refractivity (Wildman–Crippen MR) is 71.3 cm³/mol. The van der Waals surface area contributed by atoms with E-state index in [1.54, 1.807) is 0 Å². The van der Waals surface area contributed by atoms with Crippen LogP contribution in [0.15, 0.2) is 0 Å². The maximum atomic E-state index is 5.61. The van der Waals surface area contributed by atoms with E-state index in [-0.39, 0.29) is 0 Å². The van der Waals surface area contributed by atoms with Gasteiger partial charge >= 0.3 is 0 Å². The number of nitrogens with one attached hydrogen (secondary N) is 1. The molecule has 2 rings (SSSR count). The van der Waals surface area contributed by atoms with Crippen molar-refractivity contribution in [2.75, 3.05) is 32.8 Å². The Hall–Kier alpha value is -0.120. The molecule has 0 bridgehead atoms. The molecule has 0 radical (unpaired) electrons. The molecule has 2 atom stereocenters. The molecule has 2 aliphatic rings. The van der Waals surface area contributed by atoms with Gasteiger partial charge in [-0.25, -0.2) is 0 Å². The third kappa shape index (κ3) is 3.94. The average Bonchev–Trinajstić information content (AvgIpc) is 2.95. The molecule has 3 nitrogen and oxygen atoms in total. The highest BCUT2D eigenvalue weighted by Gasteiger charge is 2.26. The molecule has 2 heterocycles. The molecule has 2 aliphatic heterocycles. The number of likely N-dealkylation sites (tertiary alicyclic amines) is 1. The zero-order chi connectivity index (χ0) is 12.1. The lowest BCUT2D eigenvalue weighted by atomic mass is 10.0. The summed E-state index contributed by atoms with van der Waals surface area (Å²) in [6, 6.07) is 0.819. The van der Waals surface area contributed by atoms with Gasteiger partial charge in [-0.05, 0) is 38.1 Å². The average molecular weight is 240 g/mol. The summed E-state index contributed by atoms with van der Waals surface area (Å²) in [7, 11) is 0. The second-order valence-electron chi connectivity index (χ2n) is 5.83. The van der Waals surface area contributed by atoms with Crippen LogP contribution >= 0.6 is 0 Å². The van der Waals surface area contributed by atoms with Gasteiger partial charge < -0.3 is 10.1 Å². The lowest BCUT2D eigenvalue weighted by Gasteiger charge is -2.27. The number of ether oxygens (including phenoxy) is 1. The summed E-state index contributed by atoms with van der Waals surface area (Å²) in [5, 5.41) is 3.55. The van der Waals surface area contributed by atoms with Crippen molar-refractivity contribution in [2.24, 2.45) is 5.92 Å². The lowest BCUT2D eigenvalue weighted by molar-refractivity contribution is 0.108. The van der Waals surface area contributed by atoms with Crippen LogP contribution in [0.3, 0.4) is 0 Å². The van der Waals surface area contributed by atoms with Crippen molar-refractivity contribution in [1.29, 1.82) is 0 Å². The van der Waals surface area contributed by atoms with Gasteiger partial charge in [-0.15, -0.1) is 0 Å². The van der Waals surface area contributed by atoms with Crippen molar-refractivity contribution in [3.05, 3.63) is 0 Å². The molecule has 0 aromatic rings. The maximum absolute atomic E-state index is 5.61. The Kier molecular flexibility index (Phi) is 5.26. The van der Waals surface area contributed by atoms with Crippen LogP contribution in [-0.4, -0.2) is 49.8 Å². The van der Waals surface area contributed by atoms with E-state index in [1.807, 2.05) is 0 Å². The van der Waals surface area contributed by atoms with Crippen molar-refractivity contribution >= 4 is 0 Å². The van der Waals surface area contributed by atoms with Crippen LogP contribution in [0.25, 0.3) is 0 Å². The van der Waals surface area contributed by atoms with Gasteiger partial charge in [0.25, 0.3) is 0 Å². The first kappa shape index (κ1) is 13.3. The Bertz CT molecular complexity index is 214. The van der Waals surface area contributed by atoms with E-state index in [0.717, 1.165) is 31.7 Å². The van der Waals surface area contributed by atoms with E-state index in [4.69, 9.17) is 4.74 Å². The van der Waals surface area contributed by atoms with Crippen LogP contribution in [-0.2, 0) is 4.74 Å². The molecule has 3 heteroatoms. The monoisotopic (exact) mass is 240 g/mol. The van der Waals surface area contributed by atoms with E-state index >= 15 is 0 Å². The van der Waals surface area contributed by atoms with E-state index in [1.165, 1.54) is 38.8 Å². The molecular weight excluding hydrogens is 212 g/mol. The number of rotatable bonds is 6. The summed E-state index contributed by atoms with van der Waals surface area (Å²) < 4.78 is 5.61. The molecule has 1 N–H and O–H groups in total. The minimum absolute atomic E-state index is 0.481. The third-order valence-corrected chi connectivity index (χ3v) is 4.16. The summed E-state index contributed by atoms with van der Waals surface area (Å²) in [6.07, 6.45) is 5.74. The van der Waals surface area contributed by atoms with E-state index in [9.17, 15) is 0 Å². The molecule has 17 heavy (non-hydrogen) atoms. The number of nitrogens with zero attached hydrogens (tertiary/aromatic N) is 1. The second kappa shape index (κ2) is 6.72. The highest BCUT2D eigenvalue weighted by atomic mass is 16.5. The molecule has 2 unspecified atom stereocenters. The normalized spacial score (nSPS) is 30.5. The molecule has 2 saturated heterocycles. The SMILES string of the molecule is CC(C)C1CCCN1CCNCC1CCCO1. The van der Waals surface area contributed by atoms with E-state index < -0.39 is 0 Å². The highest BCUT2D eigenvalue weighted by Crippen LogP contribution is 2.22. The Morgan fingerprint density at radius 3 is 2.88 bits per heavy atom. The lowest BCUT2D eigenvalue weighted by Crippen LogP contribution is -2.39. The van der Waals surface area contributed by atoms with Gasteiger partial charge in [0.05, 0.1) is 6.10 Å². The van der Waals surface area contributed by atoms with Gasteiger partial charge in [0, 0.05) is 32.3 Å². The van der Waals surface area contributed by atoms with Crippen LogP contribution in [0.5, 0.6) is 0 Å². The first-order valence-corrected chi connectivity index (χ1v) is 7.33. The van der Waals surface area contributed by atoms with Crippen LogP contribution in [0.4, 0.5) is 0 Å². The summed E-state index contributed by atoms with van der Waals surface area (Å²) >= 11 is 0. The fraction of sp³-hybridized carbons (Fsp3) is 1.00. The second-order valence-corrected chi connectivity index (χ2v) is 5.83. The number of hydrogen-bond donors (Lipinski definition) is 1. The zero-order valence-corrected chi connectivity index (χ0v) is 11.5. The summed E-state index contributed by atoms with van der Waals surface area (Å²) in [6.45, 7) is 10.3. The first-order chi connectivity index (χ1) is 8.27. The standard InChI is InChI=1S/C14H28N2O/c1-12(2)14-6-3-8-16(14)9-7-15-11-13-5-4-10-17-13/h12-15H,3-11H2,1-2H3. The Morgan fingerprint density at radius 1 is 1.29 bits per heavy atom. The predicted octanol–water partition coefficient (Wildman–Crippen LogP) is 1.88. The largest absolute Gasteiger partial charge is 0.377 e. The van der Waals surface area contributed by atoms with Crippen LogP contribution < -0.4 is 5.32 Å². The van der Waals surface area contributed by atoms with Crippen molar-refractivity contribution in [2.45, 2.75) is 51.7 Å². The van der Waals surface area contributed by atoms with Gasteiger partial charge in [-0.2, -0.15) is 0 Å². The van der Waals surface area contributed by atoms with Crippen molar-refractivity contribution in [3.8, 4) is 0 Å². The molecule has 0 amide bonds. The summed E-state index contributed by atoms with van der Waals surface area (Å²) in [5.74, 6) is 0.802. The molecule has 0 saturated carbocycles. The molecule has 100 valence electrons. The summed E-state index contributed by atoms with van der Waals surface area (Å²) in [5.41, 5.74) is 0. The first-order valence-electron chi connectivity index (χ1n) is 7.33. The van der Waals surface area contributed by atoms with Crippen LogP contribution in [0.1, 0.15) is 39.5 Å². The Morgan fingerprint density at radius 2 is 2.18 bits per heavy atom. The minimum atomic E-state index is 0.481. The molecular formula is C14H28N2O. The topological polar surface area (TPSA) is 24.5 Å². The van der Waals surface area contributed by atoms with Gasteiger partial charge in [-0.3, -0.25) is 4.90 Å². The molecule has 0 aromatic carbocycles. The fourth-order valence-corrected chi connectivity index (χ4v) is 3.18. The molecule has 0 aliphatic carbocycles. The van der Waals surface area contributed by atoms with E-state index in [2.05, 4.69) is 24.1 Å². The highest BCUT2D eigenvalue weighted by molar-refractivity contribution is 4.81. The van der Waals surface area contributed by atoms with Crippen LogP contribution in [0, 0.1) is 5.92 Å². The van der Waals surface area contributed by atoms with Gasteiger partial charge in [0.2, 0.25) is 0 Å². The maximum Gasteiger partial charge on any atom is 0.0700 e. The van der Waals surface area contributed by atoms with Crippen molar-refractivity contribution in [3.63, 3.8) is 0 Å².